The van der Waals surface area contributed by atoms with Crippen LogP contribution in [0.15, 0.2) is 116 Å². The molecular formula is C58H65N4OPt-3. The van der Waals surface area contributed by atoms with Gasteiger partial charge in [0.05, 0.1) is 0 Å². The van der Waals surface area contributed by atoms with E-state index in [2.05, 4.69) is 240 Å². The Kier molecular flexibility index (Phi) is 12.2. The first-order valence-corrected chi connectivity index (χ1v) is 22.4. The smallest absolute Gasteiger partial charge is 0.135 e. The summed E-state index contributed by atoms with van der Waals surface area (Å²) in [4.78, 5) is 9.26. The first-order chi connectivity index (χ1) is 29.3. The van der Waals surface area contributed by atoms with E-state index in [1.807, 2.05) is 12.3 Å². The van der Waals surface area contributed by atoms with Crippen molar-refractivity contribution in [2.24, 2.45) is 0 Å². The van der Waals surface area contributed by atoms with Crippen LogP contribution < -0.4 is 14.5 Å². The average Bonchev–Trinajstić information content (AvgIpc) is 3.83. The predicted molar refractivity (Wildman–Crippen MR) is 267 cm³/mol. The fraction of sp³-hybridized carbons (Fsp3) is 0.345. The number of anilines is 2. The third-order valence-corrected chi connectivity index (χ3v) is 12.3. The largest absolute Gasteiger partial charge is 0.509 e. The van der Waals surface area contributed by atoms with E-state index >= 15 is 0 Å². The number of fused-ring (bicyclic) bond motifs is 3. The van der Waals surface area contributed by atoms with E-state index in [9.17, 15) is 0 Å². The Morgan fingerprint density at radius 3 is 1.64 bits per heavy atom. The van der Waals surface area contributed by atoms with E-state index in [-0.39, 0.29) is 48.1 Å². The van der Waals surface area contributed by atoms with Gasteiger partial charge in [-0.15, -0.1) is 53.6 Å². The number of hydrogen-bond donors (Lipinski definition) is 0. The summed E-state index contributed by atoms with van der Waals surface area (Å²) in [5, 5.41) is 2.24. The molecular weight excluding hydrogens is 964 g/mol. The van der Waals surface area contributed by atoms with Crippen molar-refractivity contribution >= 4 is 33.2 Å². The van der Waals surface area contributed by atoms with Crippen molar-refractivity contribution in [3.8, 4) is 28.4 Å². The van der Waals surface area contributed by atoms with Crippen LogP contribution in [0.5, 0.6) is 11.5 Å². The van der Waals surface area contributed by atoms with E-state index in [4.69, 9.17) is 9.72 Å². The molecule has 3 heterocycles. The molecule has 0 fully saturated rings. The van der Waals surface area contributed by atoms with Crippen molar-refractivity contribution in [2.45, 2.75) is 131 Å². The number of ether oxygens (including phenoxy) is 1. The van der Waals surface area contributed by atoms with Crippen LogP contribution in [0.25, 0.3) is 38.8 Å². The third kappa shape index (κ3) is 9.62. The second-order valence-corrected chi connectivity index (χ2v) is 22.6. The molecule has 0 saturated heterocycles. The molecule has 5 aromatic carbocycles. The van der Waals surface area contributed by atoms with Crippen LogP contribution in [0.2, 0.25) is 0 Å². The topological polar surface area (TPSA) is 33.5 Å². The van der Waals surface area contributed by atoms with Gasteiger partial charge in [0.2, 0.25) is 0 Å². The Morgan fingerprint density at radius 2 is 1.05 bits per heavy atom. The number of aromatic nitrogens is 2. The fourth-order valence-electron chi connectivity index (χ4n) is 8.12. The number of benzene rings is 5. The van der Waals surface area contributed by atoms with Crippen LogP contribution in [0.1, 0.15) is 132 Å². The van der Waals surface area contributed by atoms with E-state index in [0.717, 1.165) is 50.1 Å². The maximum Gasteiger partial charge on any atom is 0.135 e. The minimum absolute atomic E-state index is 0. The predicted octanol–water partition coefficient (Wildman–Crippen LogP) is 15.6. The molecule has 336 valence electrons. The van der Waals surface area contributed by atoms with Gasteiger partial charge in [-0.2, -0.15) is 6.07 Å². The van der Waals surface area contributed by atoms with Gasteiger partial charge in [0.25, 0.3) is 0 Å². The number of pyridine rings is 1. The van der Waals surface area contributed by atoms with Gasteiger partial charge < -0.3 is 19.1 Å². The van der Waals surface area contributed by atoms with Gasteiger partial charge in [0.1, 0.15) is 5.82 Å². The van der Waals surface area contributed by atoms with E-state index < -0.39 is 0 Å². The Morgan fingerprint density at radius 1 is 0.500 bits per heavy atom. The van der Waals surface area contributed by atoms with Crippen molar-refractivity contribution in [3.05, 3.63) is 162 Å². The molecule has 8 rings (SSSR count). The van der Waals surface area contributed by atoms with Crippen LogP contribution in [0.4, 0.5) is 11.4 Å². The van der Waals surface area contributed by atoms with E-state index in [1.54, 1.807) is 0 Å². The summed E-state index contributed by atoms with van der Waals surface area (Å²) in [5.74, 6) is 2.07. The van der Waals surface area contributed by atoms with Gasteiger partial charge in [-0.25, -0.2) is 4.98 Å². The van der Waals surface area contributed by atoms with Gasteiger partial charge in [-0.3, -0.25) is 0 Å². The SMILES string of the molecule is CC(C)(C)c1cc(-c2cc(Oc3[c-]c4c(cc3)c3ccccc3n4-c3cc(C(C)(C)C)ccn3)[c-]c(N3C=CN(c4cc(C(C)(C)C)cc(C(C)(C)C)c4)[CH-]3)c2)cc(C(C)(C)C)c1.[Pt]. The number of hydrogen-bond acceptors (Lipinski definition) is 4. The molecule has 7 aromatic rings. The molecule has 1 aliphatic rings. The Balaban J connectivity index is 0.00000612. The van der Waals surface area contributed by atoms with Crippen molar-refractivity contribution in [1.82, 2.24) is 9.55 Å². The fourth-order valence-corrected chi connectivity index (χ4v) is 8.12. The van der Waals surface area contributed by atoms with Gasteiger partial charge >= 0.3 is 0 Å². The monoisotopic (exact) mass is 1030 g/mol. The zero-order valence-corrected chi connectivity index (χ0v) is 42.8. The summed E-state index contributed by atoms with van der Waals surface area (Å²) in [7, 11) is 0. The average molecular weight is 1030 g/mol. The molecule has 0 bridgehead atoms. The van der Waals surface area contributed by atoms with Gasteiger partial charge in [0, 0.05) is 50.0 Å². The first-order valence-electron chi connectivity index (χ1n) is 22.4. The molecule has 1 aliphatic heterocycles. The van der Waals surface area contributed by atoms with Crippen LogP contribution >= 0.6 is 0 Å². The minimum Gasteiger partial charge on any atom is -0.509 e. The summed E-state index contributed by atoms with van der Waals surface area (Å²) in [5.41, 5.74) is 12.5. The summed E-state index contributed by atoms with van der Waals surface area (Å²) < 4.78 is 9.11. The van der Waals surface area contributed by atoms with Gasteiger partial charge in [0.15, 0.2) is 0 Å². The van der Waals surface area contributed by atoms with Crippen molar-refractivity contribution in [3.63, 3.8) is 0 Å². The zero-order valence-electron chi connectivity index (χ0n) is 40.6. The van der Waals surface area contributed by atoms with Gasteiger partial charge in [-0.1, -0.05) is 152 Å². The third-order valence-electron chi connectivity index (χ3n) is 12.3. The molecule has 0 aliphatic carbocycles. The Hall–Kier alpha value is -5.12. The molecule has 0 saturated carbocycles. The summed E-state index contributed by atoms with van der Waals surface area (Å²) in [6.07, 6.45) is 6.16. The van der Waals surface area contributed by atoms with Crippen LogP contribution in [0.3, 0.4) is 0 Å². The summed E-state index contributed by atoms with van der Waals surface area (Å²) in [6, 6.07) is 42.8. The Labute approximate surface area is 397 Å². The quantitative estimate of drug-likeness (QED) is 0.155. The number of nitrogens with zero attached hydrogens (tertiary/aromatic N) is 4. The number of para-hydroxylation sites is 1. The molecule has 2 aromatic heterocycles. The first kappa shape index (κ1) is 46.9. The van der Waals surface area contributed by atoms with Crippen LogP contribution in [-0.2, 0) is 48.1 Å². The molecule has 0 amide bonds. The molecule has 6 heteroatoms. The second kappa shape index (κ2) is 16.7. The van der Waals surface area contributed by atoms with Crippen molar-refractivity contribution < 1.29 is 25.8 Å². The van der Waals surface area contributed by atoms with Gasteiger partial charge in [-0.05, 0) is 109 Å². The molecule has 0 N–H and O–H groups in total. The summed E-state index contributed by atoms with van der Waals surface area (Å²) >= 11 is 0. The second-order valence-electron chi connectivity index (χ2n) is 22.6. The zero-order chi connectivity index (χ0) is 45.4. The Bertz CT molecular complexity index is 2820. The molecule has 0 spiro atoms. The standard InChI is InChI=1S/C58H65N4O.Pt/c1-54(2,3)40-22-23-59-53(34-40)62-51-19-17-16-18-49(51)50-21-20-47(36-52(50)62)63-48-29-39(38-26-41(55(4,5)6)30-42(27-38)56(7,8)9)28-45(35-48)60-24-25-61(37-60)46-32-43(57(10,11)12)31-44(33-46)58(13,14)15;/h16-34,37H,1-15H3;/q-3;. The molecule has 0 atom stereocenters. The van der Waals surface area contributed by atoms with E-state index in [0.29, 0.717) is 11.5 Å². The van der Waals surface area contributed by atoms with Crippen molar-refractivity contribution in [2.75, 3.05) is 9.80 Å². The normalized spacial score (nSPS) is 13.9. The van der Waals surface area contributed by atoms with E-state index in [1.165, 1.54) is 27.8 Å². The molecule has 0 unspecified atom stereocenters. The number of rotatable bonds is 6. The summed E-state index contributed by atoms with van der Waals surface area (Å²) in [6.45, 7) is 36.3. The van der Waals surface area contributed by atoms with Crippen LogP contribution in [0, 0.1) is 18.8 Å². The van der Waals surface area contributed by atoms with Crippen LogP contribution in [-0.4, -0.2) is 9.55 Å². The molecule has 0 radical (unpaired) electrons. The maximum atomic E-state index is 6.90. The van der Waals surface area contributed by atoms with Crippen molar-refractivity contribution in [1.29, 1.82) is 0 Å². The minimum atomic E-state index is -0.0391. The maximum absolute atomic E-state index is 6.90. The molecule has 64 heavy (non-hydrogen) atoms. The molecule has 5 nitrogen and oxygen atoms in total.